The zero-order valence-corrected chi connectivity index (χ0v) is 19.4. The molecular formula is C22H24BClN2O5S. The first-order valence-corrected chi connectivity index (χ1v) is 12.1. The molecule has 1 aliphatic heterocycles. The third kappa shape index (κ3) is 4.43. The van der Waals surface area contributed by atoms with Crippen LogP contribution in [0, 0.1) is 5.41 Å². The number of aromatic nitrogens is 1. The molecule has 7 nitrogen and oxygen atoms in total. The first kappa shape index (κ1) is 22.9. The molecule has 0 bridgehead atoms. The van der Waals surface area contributed by atoms with Crippen LogP contribution in [0.5, 0.6) is 0 Å². The zero-order valence-electron chi connectivity index (χ0n) is 17.9. The predicted octanol–water partition coefficient (Wildman–Crippen LogP) is 2.72. The van der Waals surface area contributed by atoms with Crippen LogP contribution in [0.2, 0.25) is 5.02 Å². The average molecular weight is 475 g/mol. The summed E-state index contributed by atoms with van der Waals surface area (Å²) in [5.41, 5.74) is 6.64. The third-order valence-corrected chi connectivity index (χ3v) is 7.47. The van der Waals surface area contributed by atoms with Gasteiger partial charge in [-0.05, 0) is 36.8 Å². The Balaban J connectivity index is 1.87. The Morgan fingerprint density at radius 2 is 1.81 bits per heavy atom. The number of halogens is 1. The highest BCUT2D eigenvalue weighted by Crippen LogP contribution is 2.29. The van der Waals surface area contributed by atoms with Crippen molar-refractivity contribution in [2.45, 2.75) is 31.6 Å². The molecule has 0 aliphatic carbocycles. The van der Waals surface area contributed by atoms with E-state index < -0.39 is 23.0 Å². The number of carbonyl (C=O) groups is 1. The maximum Gasteiger partial charge on any atom is 0.495 e. The topological polar surface area (TPSA) is 101 Å². The minimum absolute atomic E-state index is 0.0190. The van der Waals surface area contributed by atoms with Crippen LogP contribution >= 0.6 is 11.6 Å². The number of hydrogen-bond donors (Lipinski definition) is 1. The molecule has 1 fully saturated rings. The Kier molecular flexibility index (Phi) is 6.11. The number of amides is 1. The molecule has 0 unspecified atom stereocenters. The number of hydrogen-bond acceptors (Lipinski definition) is 5. The van der Waals surface area contributed by atoms with Crippen molar-refractivity contribution >= 4 is 51.0 Å². The summed E-state index contributed by atoms with van der Waals surface area (Å²) in [4.78, 5) is 11.5. The van der Waals surface area contributed by atoms with Crippen LogP contribution in [0.4, 0.5) is 0 Å². The molecule has 1 aromatic heterocycles. The first-order valence-electron chi connectivity index (χ1n) is 10.2. The Morgan fingerprint density at radius 3 is 2.44 bits per heavy atom. The van der Waals surface area contributed by atoms with Gasteiger partial charge >= 0.3 is 7.12 Å². The van der Waals surface area contributed by atoms with Gasteiger partial charge in [0.05, 0.1) is 10.4 Å². The second-order valence-corrected chi connectivity index (χ2v) is 10.9. The van der Waals surface area contributed by atoms with Crippen LogP contribution in [0.25, 0.3) is 10.9 Å². The minimum Gasteiger partial charge on any atom is -0.407 e. The van der Waals surface area contributed by atoms with E-state index in [9.17, 15) is 13.2 Å². The smallest absolute Gasteiger partial charge is 0.407 e. The number of rotatable bonds is 6. The van der Waals surface area contributed by atoms with E-state index in [1.54, 1.807) is 36.4 Å². The van der Waals surface area contributed by atoms with Crippen LogP contribution < -0.4 is 11.2 Å². The summed E-state index contributed by atoms with van der Waals surface area (Å²) in [6, 6.07) is 13.2. The Labute approximate surface area is 192 Å². The summed E-state index contributed by atoms with van der Waals surface area (Å²) in [6.07, 6.45) is 0.193. The van der Waals surface area contributed by atoms with E-state index in [0.717, 1.165) is 0 Å². The molecule has 32 heavy (non-hydrogen) atoms. The van der Waals surface area contributed by atoms with Crippen molar-refractivity contribution in [3.63, 3.8) is 0 Å². The number of nitrogens with zero attached hydrogens (tertiary/aromatic N) is 1. The quantitative estimate of drug-likeness (QED) is 0.554. The fourth-order valence-corrected chi connectivity index (χ4v) is 5.58. The number of nitrogens with two attached hydrogens (primary N) is 1. The molecular weight excluding hydrogens is 451 g/mol. The number of aryl methyl sites for hydroxylation is 1. The van der Waals surface area contributed by atoms with Crippen LogP contribution in [0.1, 0.15) is 26.0 Å². The largest absolute Gasteiger partial charge is 0.495 e. The van der Waals surface area contributed by atoms with Crippen LogP contribution in [-0.4, -0.2) is 38.6 Å². The normalized spacial score (nSPS) is 16.4. The summed E-state index contributed by atoms with van der Waals surface area (Å²) in [5.74, 6) is -0.510. The fraction of sp³-hybridized carbons (Fsp3) is 0.318. The van der Waals surface area contributed by atoms with E-state index in [0.29, 0.717) is 40.3 Å². The van der Waals surface area contributed by atoms with E-state index in [1.165, 1.54) is 16.1 Å². The lowest BCUT2D eigenvalue weighted by Crippen LogP contribution is -2.47. The molecule has 0 saturated carbocycles. The Hall–Kier alpha value is -2.33. The van der Waals surface area contributed by atoms with E-state index in [2.05, 4.69) is 0 Å². The van der Waals surface area contributed by atoms with E-state index in [4.69, 9.17) is 26.6 Å². The lowest BCUT2D eigenvalue weighted by Gasteiger charge is -2.33. The number of benzene rings is 2. The summed E-state index contributed by atoms with van der Waals surface area (Å²) in [7, 11) is -4.64. The van der Waals surface area contributed by atoms with Gasteiger partial charge in [-0.2, -0.15) is 0 Å². The van der Waals surface area contributed by atoms with E-state index >= 15 is 0 Å². The standard InChI is InChI=1S/C22H24BClN2O5S/c1-22(2)13-30-23(31-14-22)18-12-20-15(11-19(18)24)10-16(8-9-21(25)27)26(20)32(28,29)17-6-4-3-5-7-17/h3-7,10-12H,8-9,13-14H2,1-2H3,(H2,25,27). The predicted molar refractivity (Wildman–Crippen MR) is 125 cm³/mol. The van der Waals surface area contributed by atoms with E-state index in [1.807, 2.05) is 13.8 Å². The highest BCUT2D eigenvalue weighted by atomic mass is 35.5. The molecule has 168 valence electrons. The third-order valence-electron chi connectivity index (χ3n) is 5.36. The van der Waals surface area contributed by atoms with Gasteiger partial charge in [0.2, 0.25) is 5.91 Å². The van der Waals surface area contributed by atoms with Crippen molar-refractivity contribution in [1.82, 2.24) is 3.97 Å². The molecule has 1 saturated heterocycles. The second-order valence-electron chi connectivity index (χ2n) is 8.74. The molecule has 0 radical (unpaired) electrons. The van der Waals surface area contributed by atoms with Gasteiger partial charge in [0.15, 0.2) is 0 Å². The Bertz CT molecular complexity index is 1260. The molecule has 0 atom stereocenters. The number of fused-ring (bicyclic) bond motifs is 1. The number of carbonyl (C=O) groups excluding carboxylic acids is 1. The molecule has 0 spiro atoms. The molecule has 2 heterocycles. The van der Waals surface area contributed by atoms with Crippen molar-refractivity contribution < 1.29 is 22.5 Å². The van der Waals surface area contributed by atoms with Crippen molar-refractivity contribution in [2.24, 2.45) is 11.1 Å². The second kappa shape index (κ2) is 8.55. The van der Waals surface area contributed by atoms with E-state index in [-0.39, 0.29) is 23.2 Å². The molecule has 3 aromatic rings. The number of primary amides is 1. The molecule has 10 heteroatoms. The van der Waals surface area contributed by atoms with Crippen molar-refractivity contribution in [3.8, 4) is 0 Å². The highest BCUT2D eigenvalue weighted by Gasteiger charge is 2.35. The van der Waals surface area contributed by atoms with Gasteiger partial charge in [-0.1, -0.05) is 43.6 Å². The molecule has 1 amide bonds. The van der Waals surface area contributed by atoms with Crippen LogP contribution in [-0.2, 0) is 30.5 Å². The first-order chi connectivity index (χ1) is 15.1. The maximum atomic E-state index is 13.6. The van der Waals surface area contributed by atoms with Gasteiger partial charge in [0.1, 0.15) is 0 Å². The summed E-state index contributed by atoms with van der Waals surface area (Å²) < 4.78 is 40.2. The molecule has 4 rings (SSSR count). The van der Waals surface area contributed by atoms with Gasteiger partial charge in [-0.3, -0.25) is 4.79 Å². The van der Waals surface area contributed by atoms with Gasteiger partial charge in [0, 0.05) is 46.6 Å². The van der Waals surface area contributed by atoms with Crippen molar-refractivity contribution in [2.75, 3.05) is 13.2 Å². The van der Waals surface area contributed by atoms with Gasteiger partial charge in [-0.15, -0.1) is 0 Å². The summed E-state index contributed by atoms with van der Waals surface area (Å²) >= 11 is 6.54. The lowest BCUT2D eigenvalue weighted by atomic mass is 9.75. The SMILES string of the molecule is CC1(C)COB(c2cc3c(cc2Cl)cc(CCC(N)=O)n3S(=O)(=O)c2ccccc2)OC1. The van der Waals surface area contributed by atoms with Gasteiger partial charge in [-0.25, -0.2) is 12.4 Å². The monoisotopic (exact) mass is 474 g/mol. The van der Waals surface area contributed by atoms with Crippen molar-refractivity contribution in [3.05, 3.63) is 59.2 Å². The highest BCUT2D eigenvalue weighted by molar-refractivity contribution is 7.90. The summed E-state index contributed by atoms with van der Waals surface area (Å²) in [6.45, 7) is 5.05. The van der Waals surface area contributed by atoms with Crippen LogP contribution in [0.3, 0.4) is 0 Å². The fourth-order valence-electron chi connectivity index (χ4n) is 3.74. The van der Waals surface area contributed by atoms with Gasteiger partial charge in [0.25, 0.3) is 10.0 Å². The lowest BCUT2D eigenvalue weighted by molar-refractivity contribution is -0.118. The minimum atomic E-state index is -3.94. The van der Waals surface area contributed by atoms with Crippen molar-refractivity contribution in [1.29, 1.82) is 0 Å². The average Bonchev–Trinajstić information content (AvgIpc) is 3.10. The van der Waals surface area contributed by atoms with Gasteiger partial charge < -0.3 is 15.0 Å². The molecule has 2 N–H and O–H groups in total. The molecule has 2 aromatic carbocycles. The zero-order chi connectivity index (χ0) is 23.1. The maximum absolute atomic E-state index is 13.6. The Morgan fingerprint density at radius 1 is 1.16 bits per heavy atom. The summed E-state index contributed by atoms with van der Waals surface area (Å²) in [5, 5.41) is 1.05. The van der Waals surface area contributed by atoms with Crippen LogP contribution in [0.15, 0.2) is 53.4 Å². The molecule has 1 aliphatic rings.